The van der Waals surface area contributed by atoms with Crippen LogP contribution >= 0.6 is 0 Å². The van der Waals surface area contributed by atoms with Crippen LogP contribution in [0.25, 0.3) is 22.0 Å². The number of carbonyl (C=O) groups is 1. The number of aliphatic hydroxyl groups is 1. The highest BCUT2D eigenvalue weighted by Gasteiger charge is 2.28. The number of alkyl halides is 2. The molecule has 1 aliphatic rings. The molecule has 13 heteroatoms. The lowest BCUT2D eigenvalue weighted by Crippen LogP contribution is -2.54. The molecule has 1 saturated heterocycles. The minimum atomic E-state index is -3.03. The predicted octanol–water partition coefficient (Wildman–Crippen LogP) is 2.54. The van der Waals surface area contributed by atoms with Crippen LogP contribution in [0.2, 0.25) is 0 Å². The highest BCUT2D eigenvalue weighted by molar-refractivity contribution is 5.84. The molecule has 1 aliphatic heterocycles. The van der Waals surface area contributed by atoms with Crippen LogP contribution < -0.4 is 15.2 Å². The molecule has 1 amide bonds. The Balaban J connectivity index is 1.45. The van der Waals surface area contributed by atoms with Crippen LogP contribution in [0, 0.1) is 11.3 Å². The Labute approximate surface area is 239 Å². The summed E-state index contributed by atoms with van der Waals surface area (Å²) in [5.74, 6) is 0.181. The largest absolute Gasteiger partial charge is 0.434 e. The summed E-state index contributed by atoms with van der Waals surface area (Å²) >= 11 is 0. The average Bonchev–Trinajstić information content (AvgIpc) is 3.22. The van der Waals surface area contributed by atoms with Gasteiger partial charge in [0, 0.05) is 56.2 Å². The lowest BCUT2D eigenvalue weighted by Gasteiger charge is -2.39. The number of hydrogen-bond acceptors (Lipinski definition) is 8. The number of aliphatic hydroxyl groups excluding tert-OH is 1. The normalized spacial score (nSPS) is 15.3. The van der Waals surface area contributed by atoms with Crippen LogP contribution in [-0.4, -0.2) is 74.1 Å². The Morgan fingerprint density at radius 3 is 2.60 bits per heavy atom. The summed E-state index contributed by atoms with van der Waals surface area (Å²) in [7, 11) is 1.60. The Hall–Kier alpha value is -4.83. The summed E-state index contributed by atoms with van der Waals surface area (Å²) in [6.45, 7) is -0.0867. The van der Waals surface area contributed by atoms with Crippen LogP contribution in [0.5, 0.6) is 5.75 Å². The smallest absolute Gasteiger partial charge is 0.387 e. The molecule has 0 saturated carbocycles. The van der Waals surface area contributed by atoms with Crippen molar-refractivity contribution in [2.24, 2.45) is 7.05 Å². The third-order valence-corrected chi connectivity index (χ3v) is 7.45. The first kappa shape index (κ1) is 28.7. The molecular weight excluding hydrogens is 548 g/mol. The second-order valence-corrected chi connectivity index (χ2v) is 10.1. The molecule has 2 aromatic heterocycles. The summed E-state index contributed by atoms with van der Waals surface area (Å²) in [6.07, 6.45) is 3.47. The van der Waals surface area contributed by atoms with Crippen molar-refractivity contribution in [3.63, 3.8) is 0 Å². The maximum absolute atomic E-state index is 13.1. The van der Waals surface area contributed by atoms with Crippen LogP contribution in [0.3, 0.4) is 0 Å². The van der Waals surface area contributed by atoms with Gasteiger partial charge in [0.25, 0.3) is 5.56 Å². The Morgan fingerprint density at radius 1 is 1.17 bits per heavy atom. The lowest BCUT2D eigenvalue weighted by molar-refractivity contribution is -0.134. The number of anilines is 1. The number of amides is 1. The van der Waals surface area contributed by atoms with Crippen molar-refractivity contribution < 1.29 is 23.4 Å². The summed E-state index contributed by atoms with van der Waals surface area (Å²) < 4.78 is 34.1. The molecule has 4 aromatic rings. The summed E-state index contributed by atoms with van der Waals surface area (Å²) in [5, 5.41) is 18.7. The van der Waals surface area contributed by atoms with Gasteiger partial charge in [0.1, 0.15) is 12.4 Å². The molecule has 0 bridgehead atoms. The van der Waals surface area contributed by atoms with Gasteiger partial charge in [0.05, 0.1) is 29.9 Å². The average molecular weight is 578 g/mol. The fraction of sp³-hybridized carbons (Fsp3) is 0.345. The molecule has 1 N–H and O–H groups in total. The van der Waals surface area contributed by atoms with E-state index in [1.54, 1.807) is 53.3 Å². The van der Waals surface area contributed by atoms with E-state index >= 15 is 0 Å². The number of fused-ring (bicyclic) bond motifs is 1. The van der Waals surface area contributed by atoms with Gasteiger partial charge in [-0.15, -0.1) is 0 Å². The molecule has 1 fully saturated rings. The minimum Gasteiger partial charge on any atom is -0.434 e. The van der Waals surface area contributed by atoms with E-state index in [4.69, 9.17) is 15.1 Å². The van der Waals surface area contributed by atoms with Crippen LogP contribution in [0.15, 0.2) is 53.6 Å². The third-order valence-electron chi connectivity index (χ3n) is 7.45. The molecule has 42 heavy (non-hydrogen) atoms. The van der Waals surface area contributed by atoms with Gasteiger partial charge in [0.2, 0.25) is 11.9 Å². The van der Waals surface area contributed by atoms with Crippen LogP contribution in [0.4, 0.5) is 14.7 Å². The molecular formula is C29H29F2N7O4. The maximum atomic E-state index is 13.1. The van der Waals surface area contributed by atoms with E-state index in [9.17, 15) is 18.4 Å². The monoisotopic (exact) mass is 577 g/mol. The van der Waals surface area contributed by atoms with Crippen LogP contribution in [-0.2, 0) is 24.8 Å². The molecule has 0 aliphatic carbocycles. The van der Waals surface area contributed by atoms with Gasteiger partial charge in [-0.2, -0.15) is 14.0 Å². The van der Waals surface area contributed by atoms with E-state index in [-0.39, 0.29) is 36.2 Å². The van der Waals surface area contributed by atoms with Gasteiger partial charge in [-0.3, -0.25) is 19.0 Å². The van der Waals surface area contributed by atoms with E-state index in [0.717, 1.165) is 5.56 Å². The Morgan fingerprint density at radius 2 is 1.93 bits per heavy atom. The zero-order chi connectivity index (χ0) is 30.0. The quantitative estimate of drug-likeness (QED) is 0.338. The molecule has 0 spiro atoms. The van der Waals surface area contributed by atoms with E-state index < -0.39 is 13.2 Å². The number of carbonyl (C=O) groups excluding carboxylic acids is 1. The van der Waals surface area contributed by atoms with Crippen molar-refractivity contribution in [1.82, 2.24) is 24.2 Å². The number of rotatable bonds is 8. The van der Waals surface area contributed by atoms with Gasteiger partial charge in [-0.1, -0.05) is 12.1 Å². The van der Waals surface area contributed by atoms with Gasteiger partial charge >= 0.3 is 6.61 Å². The molecule has 0 radical (unpaired) electrons. The van der Waals surface area contributed by atoms with E-state index in [0.29, 0.717) is 53.2 Å². The first-order valence-corrected chi connectivity index (χ1v) is 13.3. The molecule has 5 rings (SSSR count). The molecule has 2 aromatic carbocycles. The van der Waals surface area contributed by atoms with Crippen molar-refractivity contribution in [3.05, 3.63) is 70.3 Å². The minimum absolute atomic E-state index is 0.0306. The number of ether oxygens (including phenoxy) is 1. The number of halogens is 2. The molecule has 11 nitrogen and oxygen atoms in total. The standard InChI is InChI=1S/C29H29F2N7O4/c1-18-15-36(26(40)17-39)9-10-37(18)29-33-13-22(14-34-29)20-4-5-23-24(12-20)38(35(2)27(23)41)16-21-11-19(7-8-32)3-6-25(21)42-28(30)31/h3-6,11-14,18,28,39H,7,9-10,15-17H2,1-2H3. The van der Waals surface area contributed by atoms with Gasteiger partial charge < -0.3 is 19.6 Å². The second kappa shape index (κ2) is 12.0. The first-order valence-electron chi connectivity index (χ1n) is 13.3. The molecule has 3 heterocycles. The number of hydrogen-bond donors (Lipinski definition) is 1. The number of nitrogens with zero attached hydrogens (tertiary/aromatic N) is 7. The first-order chi connectivity index (χ1) is 20.2. The summed E-state index contributed by atoms with van der Waals surface area (Å²) in [5.41, 5.74) is 2.84. The predicted molar refractivity (Wildman–Crippen MR) is 150 cm³/mol. The third kappa shape index (κ3) is 5.66. The van der Waals surface area contributed by atoms with Gasteiger partial charge in [0.15, 0.2) is 0 Å². The van der Waals surface area contributed by atoms with E-state index in [2.05, 4.69) is 16.0 Å². The lowest BCUT2D eigenvalue weighted by atomic mass is 10.1. The summed E-state index contributed by atoms with van der Waals surface area (Å²) in [6, 6.07) is 11.9. The van der Waals surface area contributed by atoms with Crippen molar-refractivity contribution in [1.29, 1.82) is 5.26 Å². The fourth-order valence-corrected chi connectivity index (χ4v) is 5.27. The van der Waals surface area contributed by atoms with E-state index in [1.165, 1.54) is 10.7 Å². The fourth-order valence-electron chi connectivity index (χ4n) is 5.27. The number of piperazine rings is 1. The molecule has 218 valence electrons. The molecule has 1 atom stereocenters. The Kier molecular flexibility index (Phi) is 8.17. The maximum Gasteiger partial charge on any atom is 0.387 e. The van der Waals surface area contributed by atoms with Crippen molar-refractivity contribution in [2.45, 2.75) is 32.5 Å². The second-order valence-electron chi connectivity index (χ2n) is 10.1. The van der Waals surface area contributed by atoms with Crippen molar-refractivity contribution in [2.75, 3.05) is 31.1 Å². The number of benzene rings is 2. The van der Waals surface area contributed by atoms with Crippen molar-refractivity contribution in [3.8, 4) is 22.9 Å². The van der Waals surface area contributed by atoms with Gasteiger partial charge in [-0.05, 0) is 42.3 Å². The molecule has 1 unspecified atom stereocenters. The number of aromatic nitrogens is 4. The zero-order valence-electron chi connectivity index (χ0n) is 23.1. The zero-order valence-corrected chi connectivity index (χ0v) is 23.1. The topological polar surface area (TPSA) is 130 Å². The van der Waals surface area contributed by atoms with E-state index in [1.807, 2.05) is 17.9 Å². The van der Waals surface area contributed by atoms with Crippen molar-refractivity contribution >= 4 is 22.8 Å². The Bertz CT molecular complexity index is 1710. The van der Waals surface area contributed by atoms with Crippen LogP contribution in [0.1, 0.15) is 18.1 Å². The highest BCUT2D eigenvalue weighted by atomic mass is 19.3. The van der Waals surface area contributed by atoms with Gasteiger partial charge in [-0.25, -0.2) is 9.97 Å². The SMILES string of the molecule is CC1CN(C(=O)CO)CCN1c1ncc(-c2ccc3c(=O)n(C)n(Cc4cc(CC#N)ccc4OC(F)F)c3c2)cn1. The summed E-state index contributed by atoms with van der Waals surface area (Å²) in [4.78, 5) is 37.6. The highest BCUT2D eigenvalue weighted by Crippen LogP contribution is 2.28. The number of nitriles is 1.